The quantitative estimate of drug-likeness (QED) is 0.498. The van der Waals surface area contributed by atoms with Crippen LogP contribution in [0, 0.1) is 11.3 Å². The van der Waals surface area contributed by atoms with Crippen LogP contribution >= 0.6 is 0 Å². The fraction of sp³-hybridized carbons (Fsp3) is 0.455. The Morgan fingerprint density at radius 3 is 2.47 bits per heavy atom. The predicted octanol–water partition coefficient (Wildman–Crippen LogP) is 2.10. The van der Waals surface area contributed by atoms with Crippen molar-refractivity contribution in [2.24, 2.45) is 0 Å². The number of hydrogen-bond acceptors (Lipinski definition) is 6. The van der Waals surface area contributed by atoms with Gasteiger partial charge in [-0.05, 0) is 43.5 Å². The van der Waals surface area contributed by atoms with Gasteiger partial charge in [0.2, 0.25) is 5.91 Å². The molecule has 1 saturated carbocycles. The highest BCUT2D eigenvalue weighted by atomic mass is 16.5. The monoisotopic (exact) mass is 413 g/mol. The van der Waals surface area contributed by atoms with Crippen molar-refractivity contribution >= 4 is 23.9 Å². The fourth-order valence-electron chi connectivity index (χ4n) is 3.19. The molecule has 1 atom stereocenters. The summed E-state index contributed by atoms with van der Waals surface area (Å²) in [5.74, 6) is -1.01. The van der Waals surface area contributed by atoms with Gasteiger partial charge in [-0.15, -0.1) is 0 Å². The lowest BCUT2D eigenvalue weighted by molar-refractivity contribution is -0.151. The van der Waals surface area contributed by atoms with Gasteiger partial charge in [-0.25, -0.2) is 4.79 Å². The number of nitrogens with zero attached hydrogens (tertiary/aromatic N) is 1. The van der Waals surface area contributed by atoms with E-state index in [1.165, 1.54) is 13.0 Å². The summed E-state index contributed by atoms with van der Waals surface area (Å²) >= 11 is 0. The van der Waals surface area contributed by atoms with Gasteiger partial charge in [-0.3, -0.25) is 9.59 Å². The second kappa shape index (κ2) is 11.0. The molecule has 2 N–H and O–H groups in total. The van der Waals surface area contributed by atoms with Gasteiger partial charge in [0.25, 0.3) is 5.91 Å². The van der Waals surface area contributed by atoms with Crippen LogP contribution in [-0.2, 0) is 19.1 Å². The van der Waals surface area contributed by atoms with Crippen LogP contribution in [0.4, 0.5) is 0 Å². The molecule has 8 nitrogen and oxygen atoms in total. The van der Waals surface area contributed by atoms with E-state index in [1.807, 2.05) is 0 Å². The van der Waals surface area contributed by atoms with Crippen molar-refractivity contribution < 1.29 is 23.9 Å². The number of nitriles is 1. The number of amides is 2. The van der Waals surface area contributed by atoms with E-state index < -0.39 is 36.0 Å². The Hall–Kier alpha value is -3.34. The molecule has 1 aromatic carbocycles. The number of hydrogen-bond donors (Lipinski definition) is 2. The number of ether oxygens (including phenoxy) is 2. The summed E-state index contributed by atoms with van der Waals surface area (Å²) in [5.41, 5.74) is -0.0830. The van der Waals surface area contributed by atoms with Gasteiger partial charge >= 0.3 is 5.97 Å². The van der Waals surface area contributed by atoms with Crippen molar-refractivity contribution in [1.29, 1.82) is 5.26 Å². The molecule has 0 saturated heterocycles. The fourth-order valence-corrected chi connectivity index (χ4v) is 3.19. The summed E-state index contributed by atoms with van der Waals surface area (Å²) in [7, 11) is 1.57. The molecule has 0 unspecified atom stereocenters. The Kier molecular flexibility index (Phi) is 8.41. The molecule has 0 aromatic heterocycles. The molecule has 30 heavy (non-hydrogen) atoms. The molecule has 2 amide bonds. The van der Waals surface area contributed by atoms with E-state index in [2.05, 4.69) is 16.7 Å². The minimum Gasteiger partial charge on any atom is -0.497 e. The standard InChI is InChI=1S/C22H27N3O5/c1-16(24-19(26)11-8-17-6-9-18(29-2)10-7-17)21(28)30-14-20(27)25-22(15-23)12-4-3-5-13-22/h6-11,16H,3-5,12-14H2,1-2H3,(H,24,26)(H,25,27)/b11-8+/t16-/m0/s1. The first kappa shape index (κ1) is 22.9. The van der Waals surface area contributed by atoms with E-state index in [1.54, 1.807) is 37.5 Å². The zero-order valence-corrected chi connectivity index (χ0v) is 17.3. The van der Waals surface area contributed by atoms with Crippen molar-refractivity contribution in [1.82, 2.24) is 10.6 Å². The highest BCUT2D eigenvalue weighted by Crippen LogP contribution is 2.27. The molecule has 8 heteroatoms. The van der Waals surface area contributed by atoms with Crippen LogP contribution in [-0.4, -0.2) is 43.1 Å². The van der Waals surface area contributed by atoms with Crippen LogP contribution in [0.1, 0.15) is 44.6 Å². The number of carbonyl (C=O) groups is 3. The second-order valence-corrected chi connectivity index (χ2v) is 7.25. The molecular weight excluding hydrogens is 386 g/mol. The number of methoxy groups -OCH3 is 1. The third-order valence-electron chi connectivity index (χ3n) is 4.90. The molecule has 1 aromatic rings. The van der Waals surface area contributed by atoms with Crippen molar-refractivity contribution in [2.75, 3.05) is 13.7 Å². The second-order valence-electron chi connectivity index (χ2n) is 7.25. The molecule has 0 radical (unpaired) electrons. The van der Waals surface area contributed by atoms with Crippen LogP contribution in [0.3, 0.4) is 0 Å². The Bertz CT molecular complexity index is 820. The number of nitrogens with one attached hydrogen (secondary N) is 2. The lowest BCUT2D eigenvalue weighted by Crippen LogP contribution is -2.50. The molecule has 0 bridgehead atoms. The summed E-state index contributed by atoms with van der Waals surface area (Å²) in [6.45, 7) is 0.974. The number of esters is 1. The number of benzene rings is 1. The average Bonchev–Trinajstić information content (AvgIpc) is 2.77. The van der Waals surface area contributed by atoms with Gasteiger partial charge in [0.15, 0.2) is 6.61 Å². The van der Waals surface area contributed by atoms with E-state index in [4.69, 9.17) is 9.47 Å². The Balaban J connectivity index is 1.76. The molecule has 0 aliphatic heterocycles. The highest BCUT2D eigenvalue weighted by molar-refractivity contribution is 5.94. The summed E-state index contributed by atoms with van der Waals surface area (Å²) in [5, 5.41) is 14.5. The molecule has 160 valence electrons. The SMILES string of the molecule is COc1ccc(/C=C/C(=O)N[C@@H](C)C(=O)OCC(=O)NC2(C#N)CCCCC2)cc1. The normalized spacial score (nSPS) is 16.2. The topological polar surface area (TPSA) is 118 Å². The largest absolute Gasteiger partial charge is 0.497 e. The van der Waals surface area contributed by atoms with Crippen molar-refractivity contribution in [3.8, 4) is 11.8 Å². The zero-order chi connectivity index (χ0) is 22.0. The van der Waals surface area contributed by atoms with Crippen LogP contribution < -0.4 is 15.4 Å². The smallest absolute Gasteiger partial charge is 0.328 e. The van der Waals surface area contributed by atoms with Crippen LogP contribution in [0.5, 0.6) is 5.75 Å². The summed E-state index contributed by atoms with van der Waals surface area (Å²) < 4.78 is 10.0. The third kappa shape index (κ3) is 6.92. The lowest BCUT2D eigenvalue weighted by atomic mass is 9.83. The zero-order valence-electron chi connectivity index (χ0n) is 17.3. The molecule has 1 aliphatic carbocycles. The maximum Gasteiger partial charge on any atom is 0.328 e. The summed E-state index contributed by atoms with van der Waals surface area (Å²) in [4.78, 5) is 36.1. The van der Waals surface area contributed by atoms with Gasteiger partial charge in [-0.1, -0.05) is 31.4 Å². The molecular formula is C22H27N3O5. The van der Waals surface area contributed by atoms with Crippen LogP contribution in [0.25, 0.3) is 6.08 Å². The molecule has 1 fully saturated rings. The first-order chi connectivity index (χ1) is 14.4. The van der Waals surface area contributed by atoms with Gasteiger partial charge in [0.05, 0.1) is 13.2 Å². The maximum absolute atomic E-state index is 12.1. The van der Waals surface area contributed by atoms with Crippen molar-refractivity contribution in [2.45, 2.75) is 50.6 Å². The minimum absolute atomic E-state index is 0.467. The molecule has 0 heterocycles. The van der Waals surface area contributed by atoms with E-state index in [-0.39, 0.29) is 0 Å². The van der Waals surface area contributed by atoms with E-state index in [0.29, 0.717) is 18.6 Å². The van der Waals surface area contributed by atoms with Crippen molar-refractivity contribution in [3.63, 3.8) is 0 Å². The van der Waals surface area contributed by atoms with E-state index in [9.17, 15) is 19.6 Å². The van der Waals surface area contributed by atoms with Gasteiger partial charge in [-0.2, -0.15) is 5.26 Å². The maximum atomic E-state index is 12.1. The van der Waals surface area contributed by atoms with Gasteiger partial charge < -0.3 is 20.1 Å². The minimum atomic E-state index is -0.926. The Morgan fingerprint density at radius 1 is 1.20 bits per heavy atom. The van der Waals surface area contributed by atoms with E-state index in [0.717, 1.165) is 24.8 Å². The summed E-state index contributed by atoms with van der Waals surface area (Å²) in [6.07, 6.45) is 6.88. The average molecular weight is 413 g/mol. The van der Waals surface area contributed by atoms with Crippen LogP contribution in [0.2, 0.25) is 0 Å². The molecule has 2 rings (SSSR count). The Labute approximate surface area is 176 Å². The number of carbonyl (C=O) groups excluding carboxylic acids is 3. The van der Waals surface area contributed by atoms with Gasteiger partial charge in [0, 0.05) is 6.08 Å². The Morgan fingerprint density at radius 2 is 1.87 bits per heavy atom. The van der Waals surface area contributed by atoms with E-state index >= 15 is 0 Å². The summed E-state index contributed by atoms with van der Waals surface area (Å²) in [6, 6.07) is 8.37. The first-order valence-corrected chi connectivity index (χ1v) is 9.89. The lowest BCUT2D eigenvalue weighted by Gasteiger charge is -2.31. The molecule has 1 aliphatic rings. The third-order valence-corrected chi connectivity index (χ3v) is 4.90. The first-order valence-electron chi connectivity index (χ1n) is 9.89. The number of rotatable bonds is 8. The highest BCUT2D eigenvalue weighted by Gasteiger charge is 2.33. The molecule has 0 spiro atoms. The van der Waals surface area contributed by atoms with Gasteiger partial charge in [0.1, 0.15) is 17.3 Å². The van der Waals surface area contributed by atoms with Crippen molar-refractivity contribution in [3.05, 3.63) is 35.9 Å². The predicted molar refractivity (Wildman–Crippen MR) is 110 cm³/mol. The van der Waals surface area contributed by atoms with Crippen LogP contribution in [0.15, 0.2) is 30.3 Å².